The molecule has 0 atom stereocenters. The first-order valence-corrected chi connectivity index (χ1v) is 14.1. The highest BCUT2D eigenvalue weighted by atomic mass is 14.7. The van der Waals surface area contributed by atoms with E-state index in [1.165, 1.54) is 65.3 Å². The lowest BCUT2D eigenvalue weighted by Gasteiger charge is -2.19. The molecule has 0 spiro atoms. The lowest BCUT2D eigenvalue weighted by atomic mass is 9.84. The Hall–Kier alpha value is -5.27. The minimum Gasteiger partial charge on any atom is -0.256 e. The summed E-state index contributed by atoms with van der Waals surface area (Å²) in [5, 5.41) is 10.0. The van der Waals surface area contributed by atoms with Crippen molar-refractivity contribution in [1.29, 1.82) is 0 Å². The van der Waals surface area contributed by atoms with Crippen LogP contribution < -0.4 is 0 Å². The van der Waals surface area contributed by atoms with E-state index >= 15 is 0 Å². The smallest absolute Gasteiger partial charge is 0.0702 e. The van der Waals surface area contributed by atoms with Crippen molar-refractivity contribution in [3.63, 3.8) is 0 Å². The van der Waals surface area contributed by atoms with Crippen molar-refractivity contribution in [2.45, 2.75) is 6.92 Å². The molecule has 41 heavy (non-hydrogen) atoms. The molecule has 0 amide bonds. The van der Waals surface area contributed by atoms with E-state index in [1.807, 2.05) is 6.20 Å². The Balaban J connectivity index is 1.50. The van der Waals surface area contributed by atoms with Gasteiger partial charge in [-0.15, -0.1) is 0 Å². The van der Waals surface area contributed by atoms with Gasteiger partial charge in [0, 0.05) is 11.8 Å². The summed E-state index contributed by atoms with van der Waals surface area (Å²) in [4.78, 5) is 4.78. The van der Waals surface area contributed by atoms with Gasteiger partial charge in [-0.2, -0.15) is 0 Å². The Kier molecular flexibility index (Phi) is 5.43. The zero-order chi connectivity index (χ0) is 27.3. The average Bonchev–Trinajstić information content (AvgIpc) is 3.03. The fourth-order valence-electron chi connectivity index (χ4n) is 6.29. The summed E-state index contributed by atoms with van der Waals surface area (Å²) in [6, 6.07) is 50.9. The second-order valence-electron chi connectivity index (χ2n) is 10.9. The van der Waals surface area contributed by atoms with E-state index in [9.17, 15) is 0 Å². The highest BCUT2D eigenvalue weighted by molar-refractivity contribution is 6.22. The number of aromatic nitrogens is 1. The number of hydrogen-bond donors (Lipinski definition) is 0. The molecule has 0 unspecified atom stereocenters. The van der Waals surface area contributed by atoms with Gasteiger partial charge in [0.25, 0.3) is 0 Å². The Bertz CT molecular complexity index is 2260. The van der Waals surface area contributed by atoms with Gasteiger partial charge in [-0.25, -0.2) is 0 Å². The number of pyridine rings is 1. The summed E-state index contributed by atoms with van der Waals surface area (Å²) in [5.41, 5.74) is 8.27. The number of benzene rings is 7. The van der Waals surface area contributed by atoms with E-state index in [1.54, 1.807) is 0 Å². The molecule has 0 fully saturated rings. The topological polar surface area (TPSA) is 12.9 Å². The average molecular weight is 522 g/mol. The maximum atomic E-state index is 4.78. The Morgan fingerprint density at radius 3 is 1.49 bits per heavy atom. The number of fused-ring (bicyclic) bond motifs is 4. The van der Waals surface area contributed by atoms with Gasteiger partial charge in [0.1, 0.15) is 0 Å². The first kappa shape index (κ1) is 23.6. The van der Waals surface area contributed by atoms with Crippen LogP contribution in [0.1, 0.15) is 5.56 Å². The molecule has 1 heterocycles. The third-order valence-corrected chi connectivity index (χ3v) is 8.31. The molecule has 0 aliphatic heterocycles. The molecule has 8 aromatic rings. The number of nitrogens with zero attached hydrogens (tertiary/aromatic N) is 1. The molecule has 0 N–H and O–H groups in total. The molecular weight excluding hydrogens is 494 g/mol. The van der Waals surface area contributed by atoms with Gasteiger partial charge in [0.2, 0.25) is 0 Å². The highest BCUT2D eigenvalue weighted by Gasteiger charge is 2.18. The summed E-state index contributed by atoms with van der Waals surface area (Å²) >= 11 is 0. The maximum Gasteiger partial charge on any atom is 0.0702 e. The van der Waals surface area contributed by atoms with Crippen molar-refractivity contribution >= 4 is 43.1 Å². The van der Waals surface area contributed by atoms with Gasteiger partial charge in [-0.05, 0) is 102 Å². The predicted molar refractivity (Wildman–Crippen MR) is 175 cm³/mol. The minimum absolute atomic E-state index is 0.988. The van der Waals surface area contributed by atoms with Gasteiger partial charge in [-0.3, -0.25) is 4.98 Å². The summed E-state index contributed by atoms with van der Waals surface area (Å²) in [7, 11) is 0. The number of hydrogen-bond acceptors (Lipinski definition) is 1. The van der Waals surface area contributed by atoms with E-state index in [0.29, 0.717) is 0 Å². The fraction of sp³-hybridized carbons (Fsp3) is 0.0250. The standard InChI is InChI=1S/C40H27N/c1-26-14-21-38(41-25-26)31-19-20-36-37(24-31)40(33-18-16-28-9-3-5-11-30(28)23-33)35-13-7-6-12-34(35)39(36)32-17-15-27-8-2-4-10-29(27)22-32/h2-25H,1H3. The maximum absolute atomic E-state index is 4.78. The van der Waals surface area contributed by atoms with Gasteiger partial charge in [0.05, 0.1) is 5.69 Å². The van der Waals surface area contributed by atoms with Gasteiger partial charge >= 0.3 is 0 Å². The van der Waals surface area contributed by atoms with E-state index in [-0.39, 0.29) is 0 Å². The molecule has 192 valence electrons. The number of aryl methyl sites for hydroxylation is 1. The Morgan fingerprint density at radius 1 is 0.390 bits per heavy atom. The molecule has 0 aliphatic rings. The molecule has 0 bridgehead atoms. The Labute approximate surface area is 239 Å². The van der Waals surface area contributed by atoms with E-state index in [4.69, 9.17) is 4.98 Å². The van der Waals surface area contributed by atoms with Crippen LogP contribution in [-0.4, -0.2) is 4.98 Å². The molecule has 0 saturated carbocycles. The molecule has 0 radical (unpaired) electrons. The van der Waals surface area contributed by atoms with Gasteiger partial charge < -0.3 is 0 Å². The molecule has 1 aromatic heterocycles. The summed E-state index contributed by atoms with van der Waals surface area (Å²) in [6.07, 6.45) is 1.95. The summed E-state index contributed by atoms with van der Waals surface area (Å²) in [6.45, 7) is 2.08. The first-order valence-electron chi connectivity index (χ1n) is 14.1. The molecular formula is C40H27N. The van der Waals surface area contributed by atoms with Crippen LogP contribution in [0.25, 0.3) is 76.6 Å². The molecule has 1 nitrogen and oxygen atoms in total. The largest absolute Gasteiger partial charge is 0.256 e. The second-order valence-corrected chi connectivity index (χ2v) is 10.9. The highest BCUT2D eigenvalue weighted by Crippen LogP contribution is 2.45. The van der Waals surface area contributed by atoms with Gasteiger partial charge in [-0.1, -0.05) is 115 Å². The van der Waals surface area contributed by atoms with Crippen molar-refractivity contribution in [3.8, 4) is 33.5 Å². The number of rotatable bonds is 3. The normalized spacial score (nSPS) is 11.5. The van der Waals surface area contributed by atoms with Crippen molar-refractivity contribution in [2.75, 3.05) is 0 Å². The van der Waals surface area contributed by atoms with Crippen LogP contribution in [0.4, 0.5) is 0 Å². The monoisotopic (exact) mass is 521 g/mol. The van der Waals surface area contributed by atoms with E-state index < -0.39 is 0 Å². The van der Waals surface area contributed by atoms with Crippen molar-refractivity contribution in [1.82, 2.24) is 4.98 Å². The van der Waals surface area contributed by atoms with Crippen molar-refractivity contribution in [3.05, 3.63) is 151 Å². The van der Waals surface area contributed by atoms with E-state index in [0.717, 1.165) is 16.8 Å². The minimum atomic E-state index is 0.988. The van der Waals surface area contributed by atoms with Crippen LogP contribution >= 0.6 is 0 Å². The third-order valence-electron chi connectivity index (χ3n) is 8.31. The SMILES string of the molecule is Cc1ccc(-c2ccc3c(-c4ccc5ccccc5c4)c4ccccc4c(-c4ccc5ccccc5c4)c3c2)nc1. The Morgan fingerprint density at radius 2 is 0.902 bits per heavy atom. The lowest BCUT2D eigenvalue weighted by molar-refractivity contribution is 1.27. The summed E-state index contributed by atoms with van der Waals surface area (Å²) in [5.74, 6) is 0. The summed E-state index contributed by atoms with van der Waals surface area (Å²) < 4.78 is 0. The third kappa shape index (κ3) is 3.98. The van der Waals surface area contributed by atoms with Crippen LogP contribution in [0.5, 0.6) is 0 Å². The van der Waals surface area contributed by atoms with Crippen LogP contribution in [0.15, 0.2) is 146 Å². The quantitative estimate of drug-likeness (QED) is 0.211. The molecule has 7 aromatic carbocycles. The van der Waals surface area contributed by atoms with Crippen molar-refractivity contribution in [2.24, 2.45) is 0 Å². The first-order chi connectivity index (χ1) is 20.2. The van der Waals surface area contributed by atoms with Crippen LogP contribution in [0.3, 0.4) is 0 Å². The van der Waals surface area contributed by atoms with Crippen LogP contribution in [0.2, 0.25) is 0 Å². The fourth-order valence-corrected chi connectivity index (χ4v) is 6.29. The molecule has 1 heteroatoms. The molecule has 0 aliphatic carbocycles. The lowest BCUT2D eigenvalue weighted by Crippen LogP contribution is -1.92. The second kappa shape index (κ2) is 9.43. The van der Waals surface area contributed by atoms with E-state index in [2.05, 4.69) is 146 Å². The van der Waals surface area contributed by atoms with Crippen LogP contribution in [-0.2, 0) is 0 Å². The molecule has 0 saturated heterocycles. The predicted octanol–water partition coefficient (Wildman–Crippen LogP) is 11.0. The van der Waals surface area contributed by atoms with Crippen LogP contribution in [0, 0.1) is 6.92 Å². The zero-order valence-electron chi connectivity index (χ0n) is 22.8. The van der Waals surface area contributed by atoms with Gasteiger partial charge in [0.15, 0.2) is 0 Å². The zero-order valence-corrected chi connectivity index (χ0v) is 22.8. The van der Waals surface area contributed by atoms with Crippen molar-refractivity contribution < 1.29 is 0 Å². The molecule has 8 rings (SSSR count).